The van der Waals surface area contributed by atoms with E-state index in [4.69, 9.17) is 37.0 Å². The van der Waals surface area contributed by atoms with Crippen LogP contribution in [0, 0.1) is 23.7 Å². The summed E-state index contributed by atoms with van der Waals surface area (Å²) in [7, 11) is -7.52. The predicted octanol–water partition coefficient (Wildman–Crippen LogP) is 14.4. The van der Waals surface area contributed by atoms with Crippen LogP contribution in [-0.4, -0.2) is 116 Å². The molecule has 0 aromatic carbocycles. The lowest BCUT2D eigenvalue weighted by atomic mass is 9.78. The standard InChI is InChI=1S/C60H106O10Si3/c1-22-37(2)31-51-41(6)47-35-43(62)34-46-27-30-49-54(65-46)56(69-72(18,19)59(10,11)12)57(70-73(20,21)60(13,14)15)55(67-49)50(68-71(16,17)58(7,8)9)28-24-42(61)23-25-44-33-39(4)48(63-44)29-26-45-32-38(3)40(5)52(64-45)36-53(47)66-51/h24,28,37-38,41,44-57H,4-5,22-23,25-27,29-36H2,1-3,6-21H3/b28-24+/t37-,38-,41-,44+,45?,46?,47-,48+,49+,50+,51-,52-,53?,54+,55+,56+,57-/m1/s1. The van der Waals surface area contributed by atoms with Crippen molar-refractivity contribution >= 4 is 36.5 Å². The van der Waals surface area contributed by atoms with Gasteiger partial charge in [-0.05, 0) is 147 Å². The van der Waals surface area contributed by atoms with Gasteiger partial charge in [-0.3, -0.25) is 9.59 Å². The molecule has 5 fully saturated rings. The Labute approximate surface area is 448 Å². The highest BCUT2D eigenvalue weighted by molar-refractivity contribution is 6.75. The van der Waals surface area contributed by atoms with E-state index in [1.165, 1.54) is 0 Å². The van der Waals surface area contributed by atoms with Gasteiger partial charge in [-0.2, -0.15) is 0 Å². The molecule has 8 heterocycles. The van der Waals surface area contributed by atoms with E-state index in [-0.39, 0.29) is 87.3 Å². The highest BCUT2D eigenvalue weighted by Crippen LogP contribution is 2.49. The molecular formula is C60H106O10Si3. The average Bonchev–Trinajstić information content (AvgIpc) is 3.77. The van der Waals surface area contributed by atoms with Crippen LogP contribution >= 0.6 is 0 Å². The van der Waals surface area contributed by atoms with Crippen LogP contribution in [0.25, 0.3) is 0 Å². The molecule has 0 aromatic heterocycles. The first kappa shape index (κ1) is 61.1. The number of carbonyl (C=O) groups is 2. The Bertz CT molecular complexity index is 1940. The number of ketones is 2. The van der Waals surface area contributed by atoms with Crippen molar-refractivity contribution in [2.75, 3.05) is 0 Å². The minimum Gasteiger partial charge on any atom is -0.408 e. The van der Waals surface area contributed by atoms with E-state index < -0.39 is 55.5 Å². The second kappa shape index (κ2) is 23.7. The zero-order chi connectivity index (χ0) is 54.4. The number of hydrogen-bond donors (Lipinski definition) is 0. The number of carbonyl (C=O) groups excluding carboxylic acids is 2. The Hall–Kier alpha value is -1.11. The van der Waals surface area contributed by atoms with Gasteiger partial charge in [0.15, 0.2) is 30.7 Å². The molecule has 0 radical (unpaired) electrons. The van der Waals surface area contributed by atoms with Crippen molar-refractivity contribution in [3.8, 4) is 0 Å². The third-order valence-corrected chi connectivity index (χ3v) is 33.3. The summed E-state index contributed by atoms with van der Waals surface area (Å²) in [5, 5.41) is -0.363. The number of rotatable bonds is 9. The van der Waals surface area contributed by atoms with E-state index in [0.717, 1.165) is 49.7 Å². The maximum absolute atomic E-state index is 14.8. The Balaban J connectivity index is 1.42. The summed E-state index contributed by atoms with van der Waals surface area (Å²) in [6, 6.07) is 0. The van der Waals surface area contributed by atoms with Crippen LogP contribution < -0.4 is 0 Å². The summed E-state index contributed by atoms with van der Waals surface area (Å²) in [6.07, 6.45) is 9.33. The molecule has 3 unspecified atom stereocenters. The number of fused-ring (bicyclic) bond motifs is 2. The van der Waals surface area contributed by atoms with Crippen LogP contribution in [-0.2, 0) is 46.6 Å². The lowest BCUT2D eigenvalue weighted by Gasteiger charge is -2.56. The highest BCUT2D eigenvalue weighted by atomic mass is 28.4. The zero-order valence-corrected chi connectivity index (χ0v) is 52.7. The minimum atomic E-state index is -2.54. The van der Waals surface area contributed by atoms with Crippen LogP contribution in [0.15, 0.2) is 36.5 Å². The molecule has 8 rings (SSSR count). The first-order valence-electron chi connectivity index (χ1n) is 29.0. The van der Waals surface area contributed by atoms with Crippen LogP contribution in [0.1, 0.15) is 173 Å². The van der Waals surface area contributed by atoms with Crippen LogP contribution in [0.4, 0.5) is 0 Å². The molecule has 8 aliphatic heterocycles. The first-order chi connectivity index (χ1) is 33.6. The highest BCUT2D eigenvalue weighted by Gasteiger charge is 2.58. The average molecular weight is 1070 g/mol. The largest absolute Gasteiger partial charge is 0.408 e. The molecule has 0 aromatic rings. The van der Waals surface area contributed by atoms with Crippen molar-refractivity contribution < 1.29 is 46.6 Å². The van der Waals surface area contributed by atoms with E-state index in [1.54, 1.807) is 6.08 Å². The van der Waals surface area contributed by atoms with Crippen molar-refractivity contribution in [1.29, 1.82) is 0 Å². The molecule has 0 saturated carbocycles. The second-order valence-corrected chi connectivity index (χ2v) is 42.9. The number of ether oxygens (including phenoxy) is 5. The van der Waals surface area contributed by atoms with Gasteiger partial charge in [-0.25, -0.2) is 0 Å². The van der Waals surface area contributed by atoms with Gasteiger partial charge in [0.05, 0.1) is 54.9 Å². The molecule has 10 nitrogen and oxygen atoms in total. The van der Waals surface area contributed by atoms with Crippen LogP contribution in [0.3, 0.4) is 0 Å². The number of Topliss-reactive ketones (excluding diaryl/α,β-unsaturated/α-hetero) is 1. The SMILES string of the molecule is C=C1C[C@@H]2CCC(=O)/C=C/[C@H](O[Si](C)(C)C(C)(C)C)[C@@H]3O[C@H]4CCC(CC(=O)C[C@H]5C(C[C@H]6OC(CC[C@@H]1O2)C[C@@H](C)C6=C)O[C@H](C[C@H](C)CC)[C@@H]5C)O[C@@H]4[C@H](O[Si](C)(C)C(C)(C)C)[C@@H]3O[Si](C)(C)C(C)(C)C. The summed E-state index contributed by atoms with van der Waals surface area (Å²) in [4.78, 5) is 28.9. The van der Waals surface area contributed by atoms with Gasteiger partial charge in [0.2, 0.25) is 0 Å². The lowest BCUT2D eigenvalue weighted by Crippen LogP contribution is -2.69. The quantitative estimate of drug-likeness (QED) is 0.164. The molecule has 418 valence electrons. The predicted molar refractivity (Wildman–Crippen MR) is 304 cm³/mol. The van der Waals surface area contributed by atoms with Gasteiger partial charge in [0.25, 0.3) is 0 Å². The van der Waals surface area contributed by atoms with E-state index >= 15 is 0 Å². The minimum absolute atomic E-state index is 0.0333. The molecule has 5 saturated heterocycles. The number of allylic oxidation sites excluding steroid dienone is 1. The smallest absolute Gasteiger partial charge is 0.193 e. The van der Waals surface area contributed by atoms with Crippen molar-refractivity contribution in [3.05, 3.63) is 36.5 Å². The van der Waals surface area contributed by atoms with E-state index in [0.29, 0.717) is 56.8 Å². The van der Waals surface area contributed by atoms with Crippen molar-refractivity contribution in [2.24, 2.45) is 23.7 Å². The summed E-state index contributed by atoms with van der Waals surface area (Å²) in [6.45, 7) is 52.4. The summed E-state index contributed by atoms with van der Waals surface area (Å²) >= 11 is 0. The van der Waals surface area contributed by atoms with Crippen molar-refractivity contribution in [2.45, 2.75) is 307 Å². The monoisotopic (exact) mass is 1070 g/mol. The summed E-state index contributed by atoms with van der Waals surface area (Å²) in [5.41, 5.74) is 2.22. The summed E-state index contributed by atoms with van der Waals surface area (Å²) < 4.78 is 58.3. The summed E-state index contributed by atoms with van der Waals surface area (Å²) in [5.74, 6) is 1.36. The fraction of sp³-hybridized carbons (Fsp3) is 0.867. The lowest BCUT2D eigenvalue weighted by molar-refractivity contribution is -0.266. The Kier molecular flexibility index (Phi) is 19.8. The molecule has 0 amide bonds. The maximum Gasteiger partial charge on any atom is 0.193 e. The van der Waals surface area contributed by atoms with E-state index in [9.17, 15) is 9.59 Å². The van der Waals surface area contributed by atoms with Gasteiger partial charge >= 0.3 is 0 Å². The van der Waals surface area contributed by atoms with Gasteiger partial charge in [-0.1, -0.05) is 116 Å². The molecule has 0 N–H and O–H groups in total. The Morgan fingerprint density at radius 3 is 1.81 bits per heavy atom. The second-order valence-electron chi connectivity index (χ2n) is 28.6. The fourth-order valence-electron chi connectivity index (χ4n) is 11.5. The van der Waals surface area contributed by atoms with Gasteiger partial charge in [0, 0.05) is 25.7 Å². The van der Waals surface area contributed by atoms with Gasteiger partial charge < -0.3 is 37.0 Å². The molecule has 8 aliphatic rings. The van der Waals surface area contributed by atoms with Gasteiger partial charge in [-0.15, -0.1) is 0 Å². The van der Waals surface area contributed by atoms with Crippen molar-refractivity contribution in [1.82, 2.24) is 0 Å². The Morgan fingerprint density at radius 2 is 1.21 bits per heavy atom. The molecule has 17 atom stereocenters. The maximum atomic E-state index is 14.8. The zero-order valence-electron chi connectivity index (χ0n) is 49.7. The molecule has 8 bridgehead atoms. The van der Waals surface area contributed by atoms with E-state index in [2.05, 4.69) is 142 Å². The third-order valence-electron chi connectivity index (χ3n) is 19.9. The topological polar surface area (TPSA) is 108 Å². The van der Waals surface area contributed by atoms with Crippen LogP contribution in [0.2, 0.25) is 54.4 Å². The first-order valence-corrected chi connectivity index (χ1v) is 37.7. The van der Waals surface area contributed by atoms with Crippen LogP contribution in [0.5, 0.6) is 0 Å². The van der Waals surface area contributed by atoms with Gasteiger partial charge in [0.1, 0.15) is 30.2 Å². The third kappa shape index (κ3) is 14.8. The van der Waals surface area contributed by atoms with E-state index in [1.807, 2.05) is 6.08 Å². The molecule has 0 aliphatic carbocycles. The Morgan fingerprint density at radius 1 is 0.644 bits per heavy atom. The molecule has 73 heavy (non-hydrogen) atoms. The molecule has 13 heteroatoms. The normalized spacial score (nSPS) is 38.2. The fourth-order valence-corrected chi connectivity index (χ4v) is 15.3. The molecule has 0 spiro atoms. The van der Waals surface area contributed by atoms with Crippen molar-refractivity contribution in [3.63, 3.8) is 0 Å². The molecular weight excluding hydrogens is 965 g/mol. The number of hydrogen-bond acceptors (Lipinski definition) is 10.